The summed E-state index contributed by atoms with van der Waals surface area (Å²) in [6, 6.07) is 6.39. The van der Waals surface area contributed by atoms with Crippen LogP contribution in [0.5, 0.6) is 0 Å². The molecule has 0 atom stereocenters. The largest absolute Gasteiger partial charge is 0.464 e. The van der Waals surface area contributed by atoms with Crippen molar-refractivity contribution in [1.29, 1.82) is 0 Å². The number of hydroxylamine groups is 2. The lowest BCUT2D eigenvalue weighted by molar-refractivity contribution is -0.101. The van der Waals surface area contributed by atoms with Crippen molar-refractivity contribution in [3.63, 3.8) is 0 Å². The number of carbonyl (C=O) groups excluding carboxylic acids is 2. The van der Waals surface area contributed by atoms with Crippen molar-refractivity contribution in [3.05, 3.63) is 53.6 Å². The molecule has 2 amide bonds. The van der Waals surface area contributed by atoms with Gasteiger partial charge in [0.05, 0.1) is 16.8 Å². The van der Waals surface area contributed by atoms with E-state index in [2.05, 4.69) is 4.98 Å². The van der Waals surface area contributed by atoms with Crippen LogP contribution in [-0.2, 0) is 11.4 Å². The summed E-state index contributed by atoms with van der Waals surface area (Å²) in [5, 5.41) is 9.40. The van der Waals surface area contributed by atoms with Crippen LogP contribution < -0.4 is 0 Å². The minimum Gasteiger partial charge on any atom is -0.464 e. The Kier molecular flexibility index (Phi) is 2.99. The monoisotopic (exact) mass is 287 g/mol. The molecule has 0 aliphatic carbocycles. The Labute approximate surface area is 118 Å². The van der Waals surface area contributed by atoms with E-state index in [1.54, 1.807) is 12.1 Å². The maximum absolute atomic E-state index is 12.0. The van der Waals surface area contributed by atoms with Crippen molar-refractivity contribution >= 4 is 17.9 Å². The van der Waals surface area contributed by atoms with Crippen LogP contribution in [0.2, 0.25) is 0 Å². The molecule has 0 unspecified atom stereocenters. The number of fused-ring (bicyclic) bond motifs is 1. The molecule has 1 aliphatic heterocycles. The molecule has 1 aromatic carbocycles. The van der Waals surface area contributed by atoms with Gasteiger partial charge in [0.25, 0.3) is 11.8 Å². The summed E-state index contributed by atoms with van der Waals surface area (Å²) in [5.74, 6) is -1.10. The molecule has 0 radical (unpaired) electrons. The van der Waals surface area contributed by atoms with Gasteiger partial charge in [0, 0.05) is 6.20 Å². The topological polar surface area (TPSA) is 102 Å². The lowest BCUT2D eigenvalue weighted by Crippen LogP contribution is -2.29. The highest BCUT2D eigenvalue weighted by Crippen LogP contribution is 2.23. The normalized spacial score (nSPS) is 13.6. The number of hydrogen-bond acceptors (Lipinski definition) is 5. The number of imide groups is 1. The van der Waals surface area contributed by atoms with Crippen LogP contribution in [0.3, 0.4) is 0 Å². The highest BCUT2D eigenvalue weighted by Gasteiger charge is 2.36. The molecule has 0 bridgehead atoms. The Hall–Kier alpha value is -3.00. The first-order valence-electron chi connectivity index (χ1n) is 5.95. The van der Waals surface area contributed by atoms with Gasteiger partial charge in [-0.15, -0.1) is 5.06 Å². The highest BCUT2D eigenvalue weighted by atomic mass is 16.7. The summed E-state index contributed by atoms with van der Waals surface area (Å²) < 4.78 is 0.848. The molecule has 3 rings (SSSR count). The third-order valence-electron chi connectivity index (χ3n) is 2.96. The number of aromatic nitrogens is 2. The molecule has 1 aliphatic rings. The van der Waals surface area contributed by atoms with E-state index >= 15 is 0 Å². The van der Waals surface area contributed by atoms with Crippen molar-refractivity contribution in [1.82, 2.24) is 14.6 Å². The Balaban J connectivity index is 1.73. The van der Waals surface area contributed by atoms with Gasteiger partial charge in [-0.25, -0.2) is 14.3 Å². The Morgan fingerprint density at radius 1 is 1.19 bits per heavy atom. The number of amides is 2. The first-order chi connectivity index (χ1) is 10.1. The van der Waals surface area contributed by atoms with E-state index in [9.17, 15) is 14.4 Å². The summed E-state index contributed by atoms with van der Waals surface area (Å²) in [6.45, 7) is -0.189. The summed E-state index contributed by atoms with van der Waals surface area (Å²) in [5.41, 5.74) is 0.839. The van der Waals surface area contributed by atoms with Crippen LogP contribution >= 0.6 is 0 Å². The third kappa shape index (κ3) is 2.17. The molecule has 2 aromatic rings. The Morgan fingerprint density at radius 2 is 1.81 bits per heavy atom. The van der Waals surface area contributed by atoms with E-state index in [1.165, 1.54) is 18.3 Å². The van der Waals surface area contributed by atoms with Crippen LogP contribution in [0.25, 0.3) is 0 Å². The van der Waals surface area contributed by atoms with Gasteiger partial charge >= 0.3 is 6.09 Å². The van der Waals surface area contributed by atoms with Gasteiger partial charge in [0.2, 0.25) is 0 Å². The maximum atomic E-state index is 12.0. The van der Waals surface area contributed by atoms with E-state index in [1.807, 2.05) is 0 Å². The molecule has 106 valence electrons. The van der Waals surface area contributed by atoms with E-state index in [0.29, 0.717) is 5.06 Å². The summed E-state index contributed by atoms with van der Waals surface area (Å²) in [7, 11) is 0. The number of benzene rings is 1. The van der Waals surface area contributed by atoms with Gasteiger partial charge in [-0.1, -0.05) is 12.1 Å². The molecule has 0 spiro atoms. The van der Waals surface area contributed by atoms with E-state index in [-0.39, 0.29) is 23.4 Å². The fourth-order valence-corrected chi connectivity index (χ4v) is 1.96. The van der Waals surface area contributed by atoms with Gasteiger partial charge in [0.15, 0.2) is 0 Å². The van der Waals surface area contributed by atoms with E-state index in [0.717, 1.165) is 10.9 Å². The molecule has 8 heteroatoms. The molecular weight excluding hydrogens is 278 g/mol. The minimum atomic E-state index is -1.19. The van der Waals surface area contributed by atoms with Crippen LogP contribution in [-0.4, -0.2) is 37.6 Å². The maximum Gasteiger partial charge on any atom is 0.416 e. The van der Waals surface area contributed by atoms with Crippen LogP contribution in [0.1, 0.15) is 26.4 Å². The molecule has 1 N–H and O–H groups in total. The number of nitrogens with zero attached hydrogens (tertiary/aromatic N) is 3. The second-order valence-electron chi connectivity index (χ2n) is 4.28. The smallest absolute Gasteiger partial charge is 0.416 e. The molecule has 0 saturated heterocycles. The zero-order valence-corrected chi connectivity index (χ0v) is 10.6. The number of rotatable bonds is 3. The Morgan fingerprint density at radius 3 is 2.33 bits per heavy atom. The van der Waals surface area contributed by atoms with Gasteiger partial charge < -0.3 is 5.11 Å². The summed E-state index contributed by atoms with van der Waals surface area (Å²) >= 11 is 0. The number of carboxylic acid groups (broad SMARTS) is 1. The molecule has 2 heterocycles. The number of hydrogen-bond donors (Lipinski definition) is 1. The van der Waals surface area contributed by atoms with Crippen molar-refractivity contribution in [2.24, 2.45) is 0 Å². The Bertz CT molecular complexity index is 717. The second-order valence-corrected chi connectivity index (χ2v) is 4.28. The molecule has 0 fully saturated rings. The predicted molar refractivity (Wildman–Crippen MR) is 67.4 cm³/mol. The lowest BCUT2D eigenvalue weighted by Gasteiger charge is -2.11. The average molecular weight is 287 g/mol. The van der Waals surface area contributed by atoms with Gasteiger partial charge in [0.1, 0.15) is 12.9 Å². The van der Waals surface area contributed by atoms with Gasteiger partial charge in [-0.2, -0.15) is 0 Å². The fourth-order valence-electron chi connectivity index (χ4n) is 1.96. The molecule has 21 heavy (non-hydrogen) atoms. The van der Waals surface area contributed by atoms with Crippen molar-refractivity contribution in [3.8, 4) is 0 Å². The van der Waals surface area contributed by atoms with Gasteiger partial charge in [-0.3, -0.25) is 14.4 Å². The highest BCUT2D eigenvalue weighted by molar-refractivity contribution is 6.20. The summed E-state index contributed by atoms with van der Waals surface area (Å²) in [4.78, 5) is 43.7. The molecular formula is C13H9N3O5. The van der Waals surface area contributed by atoms with Crippen molar-refractivity contribution < 1.29 is 24.3 Å². The van der Waals surface area contributed by atoms with Crippen molar-refractivity contribution in [2.75, 3.05) is 0 Å². The first-order valence-corrected chi connectivity index (χ1v) is 5.95. The van der Waals surface area contributed by atoms with Crippen LogP contribution in [0.4, 0.5) is 4.79 Å². The molecule has 1 aromatic heterocycles. The van der Waals surface area contributed by atoms with Gasteiger partial charge in [-0.05, 0) is 12.1 Å². The first kappa shape index (κ1) is 13.0. The van der Waals surface area contributed by atoms with E-state index < -0.39 is 17.9 Å². The average Bonchev–Trinajstić information content (AvgIpc) is 3.03. The molecule has 0 saturated carbocycles. The fraction of sp³-hybridized carbons (Fsp3) is 0.0769. The van der Waals surface area contributed by atoms with E-state index in [4.69, 9.17) is 9.94 Å². The van der Waals surface area contributed by atoms with Crippen LogP contribution in [0.15, 0.2) is 36.8 Å². The zero-order chi connectivity index (χ0) is 15.0. The minimum absolute atomic E-state index is 0.189. The number of carbonyl (C=O) groups is 3. The second kappa shape index (κ2) is 4.84. The standard InChI is InChI=1S/C13H9N3O5/c17-11-9-3-1-2-4-10(9)12(18)16(11)21-6-8-5-15(7-14-8)13(19)20/h1-5,7H,6H2,(H,19,20). The third-order valence-corrected chi connectivity index (χ3v) is 2.96. The van der Waals surface area contributed by atoms with Crippen LogP contribution in [0, 0.1) is 0 Å². The number of imidazole rings is 1. The quantitative estimate of drug-likeness (QED) is 0.849. The zero-order valence-electron chi connectivity index (χ0n) is 10.6. The lowest BCUT2D eigenvalue weighted by atomic mass is 10.1. The molecule has 8 nitrogen and oxygen atoms in total. The predicted octanol–water partition coefficient (Wildman–Crippen LogP) is 1.14. The summed E-state index contributed by atoms with van der Waals surface area (Å²) in [6.07, 6.45) is 1.15. The van der Waals surface area contributed by atoms with Crippen molar-refractivity contribution in [2.45, 2.75) is 6.61 Å². The SMILES string of the molecule is O=C1c2ccccc2C(=O)N1OCc1cn(C(=O)O)cn1.